The zero-order chi connectivity index (χ0) is 23.7. The lowest BCUT2D eigenvalue weighted by atomic mass is 10.1. The molecule has 0 spiro atoms. The lowest BCUT2D eigenvalue weighted by Gasteiger charge is -2.31. The van der Waals surface area contributed by atoms with Gasteiger partial charge in [0.2, 0.25) is 0 Å². The Hall–Kier alpha value is -4.12. The first-order valence-corrected chi connectivity index (χ1v) is 10.7. The minimum absolute atomic E-state index is 0.0804. The number of phenolic OH excluding ortho intramolecular Hbond substituents is 3. The van der Waals surface area contributed by atoms with E-state index in [4.69, 9.17) is 4.74 Å². The van der Waals surface area contributed by atoms with Crippen molar-refractivity contribution >= 4 is 17.1 Å². The van der Waals surface area contributed by atoms with E-state index >= 15 is 0 Å². The van der Waals surface area contributed by atoms with E-state index in [2.05, 4.69) is 0 Å². The minimum Gasteiger partial charge on any atom is -0.508 e. The summed E-state index contributed by atoms with van der Waals surface area (Å²) in [6, 6.07) is 21.3. The molecule has 0 atom stereocenters. The quantitative estimate of drug-likeness (QED) is 0.303. The van der Waals surface area contributed by atoms with Crippen molar-refractivity contribution < 1.29 is 20.1 Å². The molecule has 0 aliphatic rings. The van der Waals surface area contributed by atoms with Crippen LogP contribution in [0.1, 0.15) is 22.3 Å². The Morgan fingerprint density at radius 1 is 0.606 bits per heavy atom. The topological polar surface area (TPSA) is 73.2 Å². The maximum absolute atomic E-state index is 10.9. The normalized spacial score (nSPS) is 10.8. The van der Waals surface area contributed by atoms with Crippen molar-refractivity contribution in [3.05, 3.63) is 95.1 Å². The van der Waals surface area contributed by atoms with E-state index in [0.717, 1.165) is 22.3 Å². The summed E-state index contributed by atoms with van der Waals surface area (Å²) in [5, 5.41) is 31.9. The summed E-state index contributed by atoms with van der Waals surface area (Å²) in [6.07, 6.45) is 0. The fourth-order valence-corrected chi connectivity index (χ4v) is 3.98. The van der Waals surface area contributed by atoms with Crippen LogP contribution in [0, 0.1) is 27.7 Å². The van der Waals surface area contributed by atoms with Crippen LogP contribution < -0.4 is 9.64 Å². The molecule has 4 rings (SSSR count). The monoisotopic (exact) mass is 441 g/mol. The van der Waals surface area contributed by atoms with Crippen molar-refractivity contribution in [1.29, 1.82) is 0 Å². The molecule has 0 bridgehead atoms. The summed E-state index contributed by atoms with van der Waals surface area (Å²) in [6.45, 7) is 7.66. The standard InChI is InChI=1S/C28H27NO4/c1-17-9-7-12-23(31)27(17)29(28-18(2)10-8-13-24(28)32)22-11-5-6-14-25(22)33-26-16-21(30)15-19(3)20(26)4/h5-16,30-32H,1-4H3. The first kappa shape index (κ1) is 22.1. The van der Waals surface area contributed by atoms with Crippen LogP contribution in [0.2, 0.25) is 0 Å². The van der Waals surface area contributed by atoms with Gasteiger partial charge in [-0.05, 0) is 80.3 Å². The van der Waals surface area contributed by atoms with E-state index in [9.17, 15) is 15.3 Å². The average Bonchev–Trinajstić information content (AvgIpc) is 2.76. The molecule has 0 aliphatic heterocycles. The first-order valence-electron chi connectivity index (χ1n) is 10.7. The first-order chi connectivity index (χ1) is 15.8. The number of rotatable bonds is 5. The van der Waals surface area contributed by atoms with Crippen molar-refractivity contribution in [2.75, 3.05) is 4.90 Å². The molecule has 0 saturated carbocycles. The number of hydrogen-bond donors (Lipinski definition) is 3. The van der Waals surface area contributed by atoms with Crippen molar-refractivity contribution in [1.82, 2.24) is 0 Å². The summed E-state index contributed by atoms with van der Waals surface area (Å²) in [4.78, 5) is 1.82. The van der Waals surface area contributed by atoms with Crippen molar-refractivity contribution in [3.8, 4) is 28.7 Å². The van der Waals surface area contributed by atoms with Crippen LogP contribution in [0.3, 0.4) is 0 Å². The van der Waals surface area contributed by atoms with E-state index in [0.29, 0.717) is 28.6 Å². The SMILES string of the molecule is Cc1cc(O)cc(Oc2ccccc2N(c2c(C)cccc2O)c2c(C)cccc2O)c1C. The molecule has 5 heteroatoms. The van der Waals surface area contributed by atoms with Gasteiger partial charge >= 0.3 is 0 Å². The Bertz CT molecular complexity index is 1240. The fraction of sp³-hybridized carbons (Fsp3) is 0.143. The molecule has 0 heterocycles. The fourth-order valence-electron chi connectivity index (χ4n) is 3.98. The van der Waals surface area contributed by atoms with Crippen molar-refractivity contribution in [2.45, 2.75) is 27.7 Å². The Morgan fingerprint density at radius 3 is 1.76 bits per heavy atom. The van der Waals surface area contributed by atoms with Gasteiger partial charge in [0.05, 0.1) is 17.1 Å². The second-order valence-corrected chi connectivity index (χ2v) is 8.18. The van der Waals surface area contributed by atoms with Gasteiger partial charge < -0.3 is 20.1 Å². The zero-order valence-corrected chi connectivity index (χ0v) is 19.1. The number of anilines is 3. The van der Waals surface area contributed by atoms with E-state index in [1.165, 1.54) is 0 Å². The van der Waals surface area contributed by atoms with Crippen LogP contribution in [0.4, 0.5) is 17.1 Å². The summed E-state index contributed by atoms with van der Waals surface area (Å²) < 4.78 is 6.32. The van der Waals surface area contributed by atoms with Gasteiger partial charge in [-0.25, -0.2) is 0 Å². The van der Waals surface area contributed by atoms with E-state index in [-0.39, 0.29) is 17.2 Å². The second-order valence-electron chi connectivity index (χ2n) is 8.18. The number of aryl methyl sites for hydroxylation is 3. The smallest absolute Gasteiger partial charge is 0.151 e. The van der Waals surface area contributed by atoms with Gasteiger partial charge in [-0.1, -0.05) is 36.4 Å². The number of hydrogen-bond acceptors (Lipinski definition) is 5. The lowest BCUT2D eigenvalue weighted by Crippen LogP contribution is -2.14. The molecule has 0 amide bonds. The lowest BCUT2D eigenvalue weighted by molar-refractivity contribution is 0.452. The summed E-state index contributed by atoms with van der Waals surface area (Å²) in [5.74, 6) is 1.32. The highest BCUT2D eigenvalue weighted by Gasteiger charge is 2.25. The minimum atomic E-state index is 0.0804. The highest BCUT2D eigenvalue weighted by molar-refractivity contribution is 5.88. The highest BCUT2D eigenvalue weighted by Crippen LogP contribution is 2.49. The second kappa shape index (κ2) is 8.79. The van der Waals surface area contributed by atoms with Gasteiger partial charge in [-0.2, -0.15) is 0 Å². The number of phenols is 3. The molecule has 0 fully saturated rings. The predicted octanol–water partition coefficient (Wildman–Crippen LogP) is 7.30. The molecule has 4 aromatic carbocycles. The van der Waals surface area contributed by atoms with Crippen LogP contribution in [-0.4, -0.2) is 15.3 Å². The summed E-state index contributed by atoms with van der Waals surface area (Å²) in [7, 11) is 0. The summed E-state index contributed by atoms with van der Waals surface area (Å²) in [5.41, 5.74) is 5.20. The molecule has 0 aliphatic carbocycles. The Balaban J connectivity index is 1.97. The van der Waals surface area contributed by atoms with Crippen LogP contribution in [0.15, 0.2) is 72.8 Å². The number of aromatic hydroxyl groups is 3. The van der Waals surface area contributed by atoms with Crippen molar-refractivity contribution in [3.63, 3.8) is 0 Å². The maximum Gasteiger partial charge on any atom is 0.151 e. The van der Waals surface area contributed by atoms with Gasteiger partial charge in [0.25, 0.3) is 0 Å². The third-order valence-corrected chi connectivity index (χ3v) is 5.81. The largest absolute Gasteiger partial charge is 0.508 e. The molecule has 5 nitrogen and oxygen atoms in total. The van der Waals surface area contributed by atoms with Gasteiger partial charge in [-0.15, -0.1) is 0 Å². The van der Waals surface area contributed by atoms with Crippen LogP contribution in [-0.2, 0) is 0 Å². The number of benzene rings is 4. The van der Waals surface area contributed by atoms with Crippen molar-refractivity contribution in [2.24, 2.45) is 0 Å². The molecular formula is C28H27NO4. The van der Waals surface area contributed by atoms with Crippen LogP contribution in [0.25, 0.3) is 0 Å². The van der Waals surface area contributed by atoms with Gasteiger partial charge in [0, 0.05) is 6.07 Å². The number of nitrogens with zero attached hydrogens (tertiary/aromatic N) is 1. The molecular weight excluding hydrogens is 414 g/mol. The predicted molar refractivity (Wildman–Crippen MR) is 132 cm³/mol. The highest BCUT2D eigenvalue weighted by atomic mass is 16.5. The number of ether oxygens (including phenoxy) is 1. The molecule has 0 saturated heterocycles. The molecule has 0 unspecified atom stereocenters. The maximum atomic E-state index is 10.9. The Labute approximate surface area is 193 Å². The van der Waals surface area contributed by atoms with Gasteiger partial charge in [0.1, 0.15) is 23.0 Å². The van der Waals surface area contributed by atoms with Crippen LogP contribution >= 0.6 is 0 Å². The Kier molecular flexibility index (Phi) is 5.88. The Morgan fingerprint density at radius 2 is 1.18 bits per heavy atom. The molecule has 3 N–H and O–H groups in total. The molecule has 168 valence electrons. The number of para-hydroxylation sites is 4. The van der Waals surface area contributed by atoms with Gasteiger partial charge in [0.15, 0.2) is 5.75 Å². The van der Waals surface area contributed by atoms with E-state index in [1.54, 1.807) is 36.4 Å². The van der Waals surface area contributed by atoms with Gasteiger partial charge in [-0.3, -0.25) is 4.90 Å². The zero-order valence-electron chi connectivity index (χ0n) is 19.1. The average molecular weight is 442 g/mol. The molecule has 0 radical (unpaired) electrons. The molecule has 33 heavy (non-hydrogen) atoms. The molecule has 0 aromatic heterocycles. The molecule has 4 aromatic rings. The third-order valence-electron chi connectivity index (χ3n) is 5.81. The van der Waals surface area contributed by atoms with E-state index in [1.807, 2.05) is 69.0 Å². The van der Waals surface area contributed by atoms with Crippen LogP contribution in [0.5, 0.6) is 28.7 Å². The third kappa shape index (κ3) is 4.17. The van der Waals surface area contributed by atoms with E-state index < -0.39 is 0 Å². The summed E-state index contributed by atoms with van der Waals surface area (Å²) >= 11 is 0.